The summed E-state index contributed by atoms with van der Waals surface area (Å²) in [4.78, 5) is 99.3. The summed E-state index contributed by atoms with van der Waals surface area (Å²) >= 11 is 0.724. The van der Waals surface area contributed by atoms with Crippen molar-refractivity contribution in [2.45, 2.75) is 101 Å². The Morgan fingerprint density at radius 3 is 1.19 bits per heavy atom. The number of carbonyl (C=O) groups excluding carboxylic acids is 8. The van der Waals surface area contributed by atoms with Crippen LogP contribution in [0.4, 0.5) is 0 Å². The number of hydrogen-bond donors (Lipinski definition) is 0. The number of aromatic nitrogens is 6. The number of carbonyl (C=O) groups is 8. The van der Waals surface area contributed by atoms with Crippen molar-refractivity contribution in [1.29, 1.82) is 0 Å². The Kier molecular flexibility index (Phi) is 15.0. The van der Waals surface area contributed by atoms with Crippen LogP contribution >= 0.6 is 11.8 Å². The molecule has 2 fully saturated rings. The minimum Gasteiger partial charge on any atom is -0.464 e. The fourth-order valence-electron chi connectivity index (χ4n) is 5.96. The molecule has 0 aromatic carbocycles. The van der Waals surface area contributed by atoms with Crippen molar-refractivity contribution in [3.63, 3.8) is 0 Å². The molecule has 4 rings (SSSR count). The van der Waals surface area contributed by atoms with Gasteiger partial charge >= 0.3 is 47.8 Å². The maximum absolute atomic E-state index is 12.8. The van der Waals surface area contributed by atoms with Gasteiger partial charge in [-0.2, -0.15) is 0 Å². The van der Waals surface area contributed by atoms with Crippen LogP contribution in [0.1, 0.15) is 74.6 Å². The van der Waals surface area contributed by atoms with Gasteiger partial charge in [-0.3, -0.25) is 28.8 Å². The second-order valence-electron chi connectivity index (χ2n) is 12.3. The predicted molar refractivity (Wildman–Crippen MR) is 181 cm³/mol. The highest BCUT2D eigenvalue weighted by molar-refractivity contribution is 8.00. The van der Waals surface area contributed by atoms with Gasteiger partial charge in [0, 0.05) is 41.5 Å². The van der Waals surface area contributed by atoms with E-state index in [2.05, 4.69) is 20.6 Å². The highest BCUT2D eigenvalue weighted by Crippen LogP contribution is 2.45. The Balaban J connectivity index is 1.91. The van der Waals surface area contributed by atoms with Crippen LogP contribution in [0.15, 0.2) is 12.4 Å². The van der Waals surface area contributed by atoms with E-state index in [0.29, 0.717) is 0 Å². The first kappa shape index (κ1) is 44.0. The quantitative estimate of drug-likeness (QED) is 0.167. The van der Waals surface area contributed by atoms with Crippen molar-refractivity contribution in [3.8, 4) is 0 Å². The van der Waals surface area contributed by atoms with E-state index in [1.807, 2.05) is 0 Å². The smallest absolute Gasteiger partial charge is 0.360 e. The van der Waals surface area contributed by atoms with Crippen molar-refractivity contribution < 1.29 is 85.7 Å². The summed E-state index contributed by atoms with van der Waals surface area (Å²) in [5.41, 5.74) is -3.46. The molecule has 0 bridgehead atoms. The van der Waals surface area contributed by atoms with Crippen LogP contribution in [0.5, 0.6) is 0 Å². The van der Waals surface area contributed by atoms with Gasteiger partial charge in [-0.1, -0.05) is 22.2 Å². The van der Waals surface area contributed by atoms with E-state index < -0.39 is 121 Å². The fraction of sp³-hybridized carbons (Fsp3) is 0.625. The van der Waals surface area contributed by atoms with Gasteiger partial charge in [-0.25, -0.2) is 19.0 Å². The third kappa shape index (κ3) is 11.2. The molecule has 2 aromatic heterocycles. The first-order valence-electron chi connectivity index (χ1n) is 16.9. The maximum atomic E-state index is 12.8. The average Bonchev–Trinajstić information content (AvgIpc) is 3.82. The topological polar surface area (TPSA) is 290 Å². The molecule has 57 heavy (non-hydrogen) atoms. The Labute approximate surface area is 327 Å². The van der Waals surface area contributed by atoms with E-state index in [0.717, 1.165) is 89.3 Å². The lowest BCUT2D eigenvalue weighted by Gasteiger charge is -2.48. The summed E-state index contributed by atoms with van der Waals surface area (Å²) in [6, 6.07) is -2.74. The summed E-state index contributed by atoms with van der Waals surface area (Å²) in [5.74, 6) is -6.67. The van der Waals surface area contributed by atoms with Crippen LogP contribution in [-0.4, -0.2) is 153 Å². The van der Waals surface area contributed by atoms with Crippen molar-refractivity contribution in [2.75, 3.05) is 27.4 Å². The van der Waals surface area contributed by atoms with Crippen molar-refractivity contribution in [3.05, 3.63) is 23.8 Å². The minimum atomic E-state index is -1.52. The van der Waals surface area contributed by atoms with E-state index >= 15 is 0 Å². The van der Waals surface area contributed by atoms with Crippen LogP contribution in [0, 0.1) is 0 Å². The molecule has 2 aliphatic rings. The van der Waals surface area contributed by atoms with Crippen molar-refractivity contribution >= 4 is 59.5 Å². The molecule has 2 aliphatic heterocycles. The highest BCUT2D eigenvalue weighted by atomic mass is 32.2. The first-order chi connectivity index (χ1) is 26.9. The molecule has 0 radical (unpaired) electrons. The number of esters is 8. The number of ether oxygens (including phenoxy) is 10. The lowest BCUT2D eigenvalue weighted by Crippen LogP contribution is -2.61. The van der Waals surface area contributed by atoms with Crippen molar-refractivity contribution in [2.24, 2.45) is 0 Å². The zero-order valence-corrected chi connectivity index (χ0v) is 32.6. The Bertz CT molecular complexity index is 1710. The van der Waals surface area contributed by atoms with Gasteiger partial charge in [0.05, 0.1) is 26.6 Å². The molecule has 10 atom stereocenters. The SMILES string of the molecule is COC(=O)c1cn([C@H]2[C@@H](OC(C)=O)[C@@H](COC(C)=O)O[C@@H](S[C@@H]3O[C@H](COC(C)=O)[C@H](OC(C)=O)[C@H](n4cc(C(=O)OC)nn4)[C@H]3OC(C)=O)[C@@H]2OC(C)=O)nn1. The number of hydrogen-bond acceptors (Lipinski definition) is 23. The maximum Gasteiger partial charge on any atom is 0.360 e. The monoisotopic (exact) mass is 828 g/mol. The molecule has 0 saturated carbocycles. The van der Waals surface area contributed by atoms with Crippen LogP contribution in [-0.2, 0) is 76.1 Å². The Morgan fingerprint density at radius 2 is 0.895 bits per heavy atom. The van der Waals surface area contributed by atoms with Crippen LogP contribution in [0.2, 0.25) is 0 Å². The molecule has 0 aliphatic carbocycles. The molecule has 24 nitrogen and oxygen atoms in total. The molecular formula is C32H40N6O18S. The summed E-state index contributed by atoms with van der Waals surface area (Å²) in [6.07, 6.45) is -6.32. The zero-order chi connectivity index (χ0) is 42.1. The number of nitrogens with zero attached hydrogens (tertiary/aromatic N) is 6. The van der Waals surface area contributed by atoms with Crippen LogP contribution in [0.3, 0.4) is 0 Å². The van der Waals surface area contributed by atoms with Gasteiger partial charge in [-0.15, -0.1) is 10.2 Å². The molecule has 2 saturated heterocycles. The second-order valence-corrected chi connectivity index (χ2v) is 13.5. The molecule has 0 spiro atoms. The Hall–Kier alpha value is -5.69. The third-order valence-corrected chi connectivity index (χ3v) is 9.33. The summed E-state index contributed by atoms with van der Waals surface area (Å²) < 4.78 is 57.7. The minimum absolute atomic E-state index is 0.287. The molecule has 4 heterocycles. The Morgan fingerprint density at radius 1 is 0.561 bits per heavy atom. The molecule has 25 heteroatoms. The molecule has 312 valence electrons. The van der Waals surface area contributed by atoms with E-state index in [1.165, 1.54) is 0 Å². The molecule has 2 aromatic rings. The summed E-state index contributed by atoms with van der Waals surface area (Å²) in [7, 11) is 2.21. The van der Waals surface area contributed by atoms with Gasteiger partial charge in [0.1, 0.15) is 48.4 Å². The summed E-state index contributed by atoms with van der Waals surface area (Å²) in [5, 5.41) is 15.7. The number of rotatable bonds is 14. The third-order valence-electron chi connectivity index (χ3n) is 8.03. The van der Waals surface area contributed by atoms with E-state index in [4.69, 9.17) is 47.4 Å². The van der Waals surface area contributed by atoms with E-state index in [9.17, 15) is 38.4 Å². The fourth-order valence-corrected chi connectivity index (χ4v) is 7.38. The van der Waals surface area contributed by atoms with Crippen LogP contribution < -0.4 is 0 Å². The molecule has 0 unspecified atom stereocenters. The second kappa shape index (κ2) is 19.4. The van der Waals surface area contributed by atoms with Gasteiger partial charge < -0.3 is 47.4 Å². The van der Waals surface area contributed by atoms with Gasteiger partial charge in [0.15, 0.2) is 35.8 Å². The zero-order valence-electron chi connectivity index (χ0n) is 31.8. The first-order valence-corrected chi connectivity index (χ1v) is 17.8. The molecule has 0 amide bonds. The van der Waals surface area contributed by atoms with E-state index in [-0.39, 0.29) is 11.4 Å². The lowest BCUT2D eigenvalue weighted by atomic mass is 9.96. The van der Waals surface area contributed by atoms with Crippen LogP contribution in [0.25, 0.3) is 0 Å². The van der Waals surface area contributed by atoms with Gasteiger partial charge in [0.25, 0.3) is 0 Å². The average molecular weight is 829 g/mol. The molecule has 0 N–H and O–H groups in total. The van der Waals surface area contributed by atoms with Crippen molar-refractivity contribution in [1.82, 2.24) is 30.0 Å². The number of methoxy groups -OCH3 is 2. The van der Waals surface area contributed by atoms with Gasteiger partial charge in [0.2, 0.25) is 0 Å². The van der Waals surface area contributed by atoms with E-state index in [1.54, 1.807) is 0 Å². The summed E-state index contributed by atoms with van der Waals surface area (Å²) in [6.45, 7) is 5.48. The normalized spacial score (nSPS) is 26.9. The standard InChI is InChI=1S/C32H40N6O18S/c1-13(39)49-11-21-25(51-15(3)41)23(37-9-19(33-35-37)29(45)47-7)27(53-17(5)43)31(55-21)57-32-28(54-18(6)44)24(38-10-20(34-36-38)30(46)48-8)26(52-16(4)42)22(56-32)12-50-14(2)40/h9-10,21-28,31-32H,11-12H2,1-8H3/t21-,22-,23+,24+,25+,26+,27-,28-,31+,32+/m1/s1. The number of thioether (sulfide) groups is 1. The largest absolute Gasteiger partial charge is 0.464 e. The molecular weight excluding hydrogens is 788 g/mol. The highest BCUT2D eigenvalue weighted by Gasteiger charge is 2.57. The predicted octanol–water partition coefficient (Wildman–Crippen LogP) is -0.739. The lowest BCUT2D eigenvalue weighted by molar-refractivity contribution is -0.217. The van der Waals surface area contributed by atoms with Gasteiger partial charge in [-0.05, 0) is 0 Å².